The van der Waals surface area contributed by atoms with Crippen molar-refractivity contribution < 1.29 is 9.18 Å². The first kappa shape index (κ1) is 21.8. The van der Waals surface area contributed by atoms with Crippen LogP contribution >= 0.6 is 23.4 Å². The number of amides is 1. The Labute approximate surface area is 206 Å². The van der Waals surface area contributed by atoms with Gasteiger partial charge in [0.15, 0.2) is 0 Å². The van der Waals surface area contributed by atoms with Gasteiger partial charge in [-0.1, -0.05) is 35.5 Å². The third kappa shape index (κ3) is 3.56. The molecule has 0 radical (unpaired) electrons. The van der Waals surface area contributed by atoms with E-state index in [9.17, 15) is 9.18 Å². The molecule has 1 unspecified atom stereocenters. The highest BCUT2D eigenvalue weighted by Gasteiger charge is 2.48. The van der Waals surface area contributed by atoms with Gasteiger partial charge in [0.2, 0.25) is 5.95 Å². The third-order valence-corrected chi connectivity index (χ3v) is 8.22. The first-order chi connectivity index (χ1) is 16.3. The molecule has 3 aromatic rings. The topological polar surface area (TPSA) is 61.4 Å². The van der Waals surface area contributed by atoms with Gasteiger partial charge in [0.05, 0.1) is 21.6 Å². The highest BCUT2D eigenvalue weighted by Crippen LogP contribution is 2.52. The number of carbonyl (C=O) groups is 1. The van der Waals surface area contributed by atoms with Gasteiger partial charge in [-0.05, 0) is 62.2 Å². The lowest BCUT2D eigenvalue weighted by Crippen LogP contribution is -2.41. The van der Waals surface area contributed by atoms with Crippen molar-refractivity contribution in [3.8, 4) is 0 Å². The second-order valence-corrected chi connectivity index (χ2v) is 11.0. The van der Waals surface area contributed by atoms with Crippen molar-refractivity contribution in [2.45, 2.75) is 42.1 Å². The van der Waals surface area contributed by atoms with Gasteiger partial charge in [-0.2, -0.15) is 0 Å². The normalized spacial score (nSPS) is 20.8. The Morgan fingerprint density at radius 3 is 2.85 bits per heavy atom. The Morgan fingerprint density at radius 1 is 1.26 bits per heavy atom. The molecule has 6 rings (SSSR count). The summed E-state index contributed by atoms with van der Waals surface area (Å²) in [6.07, 6.45) is 4.01. The van der Waals surface area contributed by atoms with E-state index in [1.165, 1.54) is 59.0 Å². The zero-order chi connectivity index (χ0) is 23.6. The fourth-order valence-electron chi connectivity index (χ4n) is 5.15. The lowest BCUT2D eigenvalue weighted by atomic mass is 9.87. The van der Waals surface area contributed by atoms with Crippen LogP contribution in [-0.2, 0) is 12.0 Å². The predicted octanol–water partition coefficient (Wildman–Crippen LogP) is 5.59. The van der Waals surface area contributed by atoms with Crippen molar-refractivity contribution in [2.75, 3.05) is 23.8 Å². The van der Waals surface area contributed by atoms with E-state index in [1.807, 2.05) is 6.92 Å². The molecule has 0 saturated heterocycles. The van der Waals surface area contributed by atoms with Gasteiger partial charge in [0.1, 0.15) is 10.8 Å². The van der Waals surface area contributed by atoms with E-state index in [2.05, 4.69) is 45.4 Å². The van der Waals surface area contributed by atoms with Crippen LogP contribution in [0.25, 0.3) is 0 Å². The molecule has 1 amide bonds. The summed E-state index contributed by atoms with van der Waals surface area (Å²) in [5.74, 6) is -0.484. The molecule has 1 spiro atoms. The van der Waals surface area contributed by atoms with E-state index in [0.29, 0.717) is 22.0 Å². The first-order valence-electron chi connectivity index (χ1n) is 11.2. The van der Waals surface area contributed by atoms with Crippen molar-refractivity contribution in [3.05, 3.63) is 70.1 Å². The number of benzene rings is 2. The molecule has 1 aromatic heterocycles. The quantitative estimate of drug-likeness (QED) is 0.478. The Bertz CT molecular complexity index is 1310. The molecular weight excluding hydrogens is 473 g/mol. The van der Waals surface area contributed by atoms with Gasteiger partial charge in [-0.15, -0.1) is 0 Å². The summed E-state index contributed by atoms with van der Waals surface area (Å²) in [5.41, 5.74) is 4.47. The van der Waals surface area contributed by atoms with Gasteiger partial charge >= 0.3 is 0 Å². The maximum absolute atomic E-state index is 14.5. The maximum atomic E-state index is 14.5. The van der Waals surface area contributed by atoms with Crippen LogP contribution in [0, 0.1) is 5.82 Å². The fourth-order valence-corrected chi connectivity index (χ4v) is 6.44. The predicted molar refractivity (Wildman–Crippen MR) is 133 cm³/mol. The Kier molecular flexibility index (Phi) is 5.09. The van der Waals surface area contributed by atoms with Crippen LogP contribution in [0.5, 0.6) is 0 Å². The number of likely N-dealkylation sites (N-methyl/N-ethyl adjacent to an activating group) is 1. The van der Waals surface area contributed by atoms with Gasteiger partial charge in [0.25, 0.3) is 5.91 Å². The molecule has 2 aliphatic heterocycles. The summed E-state index contributed by atoms with van der Waals surface area (Å²) in [6, 6.07) is 10.9. The number of halogens is 2. The Hall–Kier alpha value is -2.68. The Morgan fingerprint density at radius 2 is 2.09 bits per heavy atom. The maximum Gasteiger partial charge on any atom is 0.263 e. The molecule has 3 aliphatic rings. The fraction of sp³-hybridized carbons (Fsp3) is 0.320. The lowest BCUT2D eigenvalue weighted by Gasteiger charge is -2.34. The molecule has 174 valence electrons. The lowest BCUT2D eigenvalue weighted by molar-refractivity contribution is 0.0978. The first-order valence-corrected chi connectivity index (χ1v) is 12.5. The van der Waals surface area contributed by atoms with Crippen molar-refractivity contribution >= 4 is 46.6 Å². The van der Waals surface area contributed by atoms with Gasteiger partial charge in [0, 0.05) is 30.4 Å². The number of hydrogen-bond acceptors (Lipinski definition) is 6. The summed E-state index contributed by atoms with van der Waals surface area (Å²) in [5, 5.41) is 3.67. The Balaban J connectivity index is 1.28. The van der Waals surface area contributed by atoms with Gasteiger partial charge in [-0.25, -0.2) is 14.4 Å². The second kappa shape index (κ2) is 7.93. The van der Waals surface area contributed by atoms with E-state index in [-0.39, 0.29) is 22.0 Å². The second-order valence-electron chi connectivity index (χ2n) is 9.32. The van der Waals surface area contributed by atoms with Crippen molar-refractivity contribution in [3.63, 3.8) is 0 Å². The molecule has 1 saturated carbocycles. The van der Waals surface area contributed by atoms with Gasteiger partial charge in [-0.3, -0.25) is 9.69 Å². The molecule has 3 heterocycles. The standard InChI is InChI=1S/C25H23ClFN5OS/c1-14-32(21-19(26)4-3-5-20(21)27)23(33)17-11-28-24(30-22(17)34-14)29-16-6-7-18-15(10-16)12-31(2)13-25(18)8-9-25/h3-7,10-11,14H,8-9,12-13H2,1-2H3,(H,28,29,30). The number of rotatable bonds is 3. The van der Waals surface area contributed by atoms with Crippen LogP contribution in [0.1, 0.15) is 41.3 Å². The van der Waals surface area contributed by atoms with Crippen LogP contribution in [0.4, 0.5) is 21.7 Å². The SMILES string of the molecule is CC1Sc2nc(Nc3ccc4c(c3)CN(C)CC43CC3)ncc2C(=O)N1c1c(F)cccc1Cl. The van der Waals surface area contributed by atoms with E-state index in [1.54, 1.807) is 6.07 Å². The largest absolute Gasteiger partial charge is 0.324 e. The van der Waals surface area contributed by atoms with E-state index >= 15 is 0 Å². The van der Waals surface area contributed by atoms with Crippen LogP contribution in [-0.4, -0.2) is 39.7 Å². The number of hydrogen-bond donors (Lipinski definition) is 1. The van der Waals surface area contributed by atoms with E-state index in [4.69, 9.17) is 11.6 Å². The minimum Gasteiger partial charge on any atom is -0.324 e. The molecule has 1 fully saturated rings. The van der Waals surface area contributed by atoms with Crippen molar-refractivity contribution in [2.24, 2.45) is 0 Å². The number of fused-ring (bicyclic) bond motifs is 3. The van der Waals surface area contributed by atoms with E-state index in [0.717, 1.165) is 18.8 Å². The monoisotopic (exact) mass is 495 g/mol. The highest BCUT2D eigenvalue weighted by molar-refractivity contribution is 8.00. The number of aromatic nitrogens is 2. The average Bonchev–Trinajstić information content (AvgIpc) is 3.54. The smallest absolute Gasteiger partial charge is 0.263 e. The summed E-state index contributed by atoms with van der Waals surface area (Å²) < 4.78 is 14.5. The number of para-hydroxylation sites is 1. The molecular formula is C25H23ClFN5OS. The number of thioether (sulfide) groups is 1. The van der Waals surface area contributed by atoms with Crippen molar-refractivity contribution in [1.82, 2.24) is 14.9 Å². The molecule has 34 heavy (non-hydrogen) atoms. The van der Waals surface area contributed by atoms with Crippen LogP contribution < -0.4 is 10.2 Å². The molecule has 0 bridgehead atoms. The molecule has 1 N–H and O–H groups in total. The summed E-state index contributed by atoms with van der Waals surface area (Å²) in [4.78, 5) is 26.0. The minimum absolute atomic E-state index is 0.0782. The summed E-state index contributed by atoms with van der Waals surface area (Å²) in [7, 11) is 2.17. The molecule has 1 aliphatic carbocycles. The molecule has 6 nitrogen and oxygen atoms in total. The zero-order valence-corrected chi connectivity index (χ0v) is 20.4. The highest BCUT2D eigenvalue weighted by atomic mass is 35.5. The minimum atomic E-state index is -0.540. The van der Waals surface area contributed by atoms with Gasteiger partial charge < -0.3 is 10.2 Å². The van der Waals surface area contributed by atoms with Crippen LogP contribution in [0.2, 0.25) is 5.02 Å². The van der Waals surface area contributed by atoms with Crippen LogP contribution in [0.3, 0.4) is 0 Å². The molecule has 1 atom stereocenters. The van der Waals surface area contributed by atoms with Crippen molar-refractivity contribution in [1.29, 1.82) is 0 Å². The number of carbonyl (C=O) groups excluding carboxylic acids is 1. The summed E-state index contributed by atoms with van der Waals surface area (Å²) in [6.45, 7) is 3.88. The number of nitrogens with one attached hydrogen (secondary N) is 1. The third-order valence-electron chi connectivity index (χ3n) is 6.83. The summed E-state index contributed by atoms with van der Waals surface area (Å²) >= 11 is 7.60. The number of nitrogens with zero attached hydrogens (tertiary/aromatic N) is 4. The molecule has 2 aromatic carbocycles. The molecule has 9 heteroatoms. The van der Waals surface area contributed by atoms with Crippen LogP contribution in [0.15, 0.2) is 47.6 Å². The number of anilines is 3. The van der Waals surface area contributed by atoms with E-state index < -0.39 is 5.82 Å². The zero-order valence-electron chi connectivity index (χ0n) is 18.8. The average molecular weight is 496 g/mol.